The molecule has 0 bridgehead atoms. The smallest absolute Gasteiger partial charge is 0.0882 e. The standard InChI is InChI=1S/C13H14N4O/c1-16-7-5-10(15-16)8-13(18)11-9-14-17-6-3-2-4-12(11)17/h2-7,9,13,18H,8H2,1H3. The molecule has 0 fully saturated rings. The van der Waals surface area contributed by atoms with Gasteiger partial charge < -0.3 is 5.11 Å². The summed E-state index contributed by atoms with van der Waals surface area (Å²) < 4.78 is 3.50. The fraction of sp³-hybridized carbons (Fsp3) is 0.231. The highest BCUT2D eigenvalue weighted by Gasteiger charge is 2.15. The van der Waals surface area contributed by atoms with Crippen molar-refractivity contribution in [3.8, 4) is 0 Å². The molecule has 0 saturated carbocycles. The maximum absolute atomic E-state index is 10.3. The molecule has 3 rings (SSSR count). The Labute approximate surface area is 104 Å². The quantitative estimate of drug-likeness (QED) is 0.754. The van der Waals surface area contributed by atoms with Gasteiger partial charge in [-0.1, -0.05) is 6.07 Å². The van der Waals surface area contributed by atoms with E-state index in [1.54, 1.807) is 15.4 Å². The minimum Gasteiger partial charge on any atom is -0.388 e. The fourth-order valence-electron chi connectivity index (χ4n) is 2.09. The van der Waals surface area contributed by atoms with Crippen LogP contribution in [0, 0.1) is 0 Å². The lowest BCUT2D eigenvalue weighted by atomic mass is 10.1. The lowest BCUT2D eigenvalue weighted by molar-refractivity contribution is 0.178. The first kappa shape index (κ1) is 11.0. The molecule has 1 N–H and O–H groups in total. The first-order chi connectivity index (χ1) is 8.74. The van der Waals surface area contributed by atoms with Crippen molar-refractivity contribution in [2.75, 3.05) is 0 Å². The van der Waals surface area contributed by atoms with E-state index in [1.165, 1.54) is 0 Å². The van der Waals surface area contributed by atoms with Gasteiger partial charge in [-0.25, -0.2) is 4.52 Å². The predicted octanol–water partition coefficient (Wildman–Crippen LogP) is 1.34. The summed E-state index contributed by atoms with van der Waals surface area (Å²) in [5, 5.41) is 18.8. The van der Waals surface area contributed by atoms with Crippen LogP contribution in [0.5, 0.6) is 0 Å². The average molecular weight is 242 g/mol. The summed E-state index contributed by atoms with van der Waals surface area (Å²) in [6.07, 6.45) is 5.37. The molecule has 92 valence electrons. The molecular weight excluding hydrogens is 228 g/mol. The SMILES string of the molecule is Cn1ccc(CC(O)c2cnn3ccccc23)n1. The first-order valence-electron chi connectivity index (χ1n) is 5.83. The Bertz CT molecular complexity index is 670. The number of aliphatic hydroxyl groups excluding tert-OH is 1. The van der Waals surface area contributed by atoms with Crippen LogP contribution in [-0.2, 0) is 13.5 Å². The van der Waals surface area contributed by atoms with E-state index in [1.807, 2.05) is 43.7 Å². The number of hydrogen-bond donors (Lipinski definition) is 1. The van der Waals surface area contributed by atoms with Crippen molar-refractivity contribution in [2.45, 2.75) is 12.5 Å². The van der Waals surface area contributed by atoms with Gasteiger partial charge in [0.1, 0.15) is 0 Å². The Hall–Kier alpha value is -2.14. The molecule has 3 heterocycles. The van der Waals surface area contributed by atoms with E-state index >= 15 is 0 Å². The zero-order valence-electron chi connectivity index (χ0n) is 10.1. The van der Waals surface area contributed by atoms with Gasteiger partial charge in [0.05, 0.1) is 23.5 Å². The van der Waals surface area contributed by atoms with Crippen molar-refractivity contribution in [2.24, 2.45) is 7.05 Å². The highest BCUT2D eigenvalue weighted by molar-refractivity contribution is 5.54. The van der Waals surface area contributed by atoms with Crippen LogP contribution in [-0.4, -0.2) is 24.5 Å². The fourth-order valence-corrected chi connectivity index (χ4v) is 2.09. The van der Waals surface area contributed by atoms with E-state index in [0.717, 1.165) is 16.8 Å². The van der Waals surface area contributed by atoms with Gasteiger partial charge in [-0.3, -0.25) is 4.68 Å². The van der Waals surface area contributed by atoms with Gasteiger partial charge in [0, 0.05) is 31.4 Å². The summed E-state index contributed by atoms with van der Waals surface area (Å²) in [4.78, 5) is 0. The Balaban J connectivity index is 1.90. The molecule has 1 unspecified atom stereocenters. The summed E-state index contributed by atoms with van der Waals surface area (Å²) in [6, 6.07) is 7.71. The molecule has 18 heavy (non-hydrogen) atoms. The molecule has 0 radical (unpaired) electrons. The van der Waals surface area contributed by atoms with Crippen molar-refractivity contribution in [3.05, 3.63) is 54.1 Å². The van der Waals surface area contributed by atoms with Crippen LogP contribution < -0.4 is 0 Å². The van der Waals surface area contributed by atoms with Crippen LogP contribution in [0.25, 0.3) is 5.52 Å². The normalized spacial score (nSPS) is 13.0. The van der Waals surface area contributed by atoms with Gasteiger partial charge in [0.25, 0.3) is 0 Å². The number of aryl methyl sites for hydroxylation is 1. The molecule has 0 saturated heterocycles. The van der Waals surface area contributed by atoms with E-state index < -0.39 is 6.10 Å². The number of hydrogen-bond acceptors (Lipinski definition) is 3. The Morgan fingerprint density at radius 1 is 1.28 bits per heavy atom. The van der Waals surface area contributed by atoms with Gasteiger partial charge in [-0.05, 0) is 18.2 Å². The second kappa shape index (κ2) is 4.27. The van der Waals surface area contributed by atoms with Crippen LogP contribution in [0.3, 0.4) is 0 Å². The maximum atomic E-state index is 10.3. The molecule has 0 amide bonds. The number of aromatic nitrogens is 4. The zero-order valence-corrected chi connectivity index (χ0v) is 10.1. The van der Waals surface area contributed by atoms with E-state index in [4.69, 9.17) is 0 Å². The van der Waals surface area contributed by atoms with Crippen molar-refractivity contribution < 1.29 is 5.11 Å². The third-order valence-corrected chi connectivity index (χ3v) is 2.99. The summed E-state index contributed by atoms with van der Waals surface area (Å²) in [5.74, 6) is 0. The number of aliphatic hydroxyl groups is 1. The van der Waals surface area contributed by atoms with Gasteiger partial charge >= 0.3 is 0 Å². The molecule has 0 aromatic carbocycles. The van der Waals surface area contributed by atoms with Gasteiger partial charge in [-0.2, -0.15) is 10.2 Å². The molecule has 0 spiro atoms. The Kier molecular flexibility index (Phi) is 2.60. The van der Waals surface area contributed by atoms with E-state index in [-0.39, 0.29) is 0 Å². The van der Waals surface area contributed by atoms with Crippen LogP contribution in [0.15, 0.2) is 42.9 Å². The first-order valence-corrected chi connectivity index (χ1v) is 5.83. The highest BCUT2D eigenvalue weighted by Crippen LogP contribution is 2.21. The van der Waals surface area contributed by atoms with Crippen molar-refractivity contribution in [3.63, 3.8) is 0 Å². The maximum Gasteiger partial charge on any atom is 0.0882 e. The third kappa shape index (κ3) is 1.89. The third-order valence-electron chi connectivity index (χ3n) is 2.99. The lowest BCUT2D eigenvalue weighted by Crippen LogP contribution is -2.02. The lowest BCUT2D eigenvalue weighted by Gasteiger charge is -2.07. The number of fused-ring (bicyclic) bond motifs is 1. The van der Waals surface area contributed by atoms with Crippen molar-refractivity contribution in [1.82, 2.24) is 19.4 Å². The molecule has 1 atom stereocenters. The highest BCUT2D eigenvalue weighted by atomic mass is 16.3. The Morgan fingerprint density at radius 3 is 2.94 bits per heavy atom. The minimum absolute atomic E-state index is 0.497. The summed E-state index contributed by atoms with van der Waals surface area (Å²) >= 11 is 0. The summed E-state index contributed by atoms with van der Waals surface area (Å²) in [7, 11) is 1.87. The topological polar surface area (TPSA) is 55.3 Å². The van der Waals surface area contributed by atoms with Crippen LogP contribution in [0.1, 0.15) is 17.4 Å². The van der Waals surface area contributed by atoms with Crippen LogP contribution in [0.2, 0.25) is 0 Å². The van der Waals surface area contributed by atoms with Gasteiger partial charge in [-0.15, -0.1) is 0 Å². The monoisotopic (exact) mass is 242 g/mol. The molecule has 3 aromatic rings. The number of pyridine rings is 1. The summed E-state index contributed by atoms with van der Waals surface area (Å²) in [6.45, 7) is 0. The van der Waals surface area contributed by atoms with E-state index in [2.05, 4.69) is 10.2 Å². The van der Waals surface area contributed by atoms with Crippen LogP contribution >= 0.6 is 0 Å². The molecular formula is C13H14N4O. The van der Waals surface area contributed by atoms with Crippen molar-refractivity contribution in [1.29, 1.82) is 0 Å². The average Bonchev–Trinajstić information content (AvgIpc) is 2.95. The number of rotatable bonds is 3. The van der Waals surface area contributed by atoms with E-state index in [9.17, 15) is 5.11 Å². The molecule has 0 aliphatic rings. The Morgan fingerprint density at radius 2 is 2.17 bits per heavy atom. The van der Waals surface area contributed by atoms with E-state index in [0.29, 0.717) is 6.42 Å². The largest absolute Gasteiger partial charge is 0.388 e. The predicted molar refractivity (Wildman–Crippen MR) is 67.1 cm³/mol. The second-order valence-electron chi connectivity index (χ2n) is 4.33. The van der Waals surface area contributed by atoms with Crippen molar-refractivity contribution >= 4 is 5.52 Å². The summed E-state index contributed by atoms with van der Waals surface area (Å²) in [5.41, 5.74) is 2.64. The van der Waals surface area contributed by atoms with Gasteiger partial charge in [0.2, 0.25) is 0 Å². The minimum atomic E-state index is -0.584. The molecule has 3 aromatic heterocycles. The van der Waals surface area contributed by atoms with Crippen LogP contribution in [0.4, 0.5) is 0 Å². The molecule has 0 aliphatic heterocycles. The van der Waals surface area contributed by atoms with Gasteiger partial charge in [0.15, 0.2) is 0 Å². The zero-order chi connectivity index (χ0) is 12.5. The molecule has 5 nitrogen and oxygen atoms in total. The second-order valence-corrected chi connectivity index (χ2v) is 4.33. The molecule has 0 aliphatic carbocycles. The molecule has 5 heteroatoms. The number of nitrogens with zero attached hydrogens (tertiary/aromatic N) is 4.